The van der Waals surface area contributed by atoms with E-state index in [1.807, 2.05) is 0 Å². The zero-order valence-corrected chi connectivity index (χ0v) is 10.6. The largest absolute Gasteiger partial charge is 0.350 e. The summed E-state index contributed by atoms with van der Waals surface area (Å²) in [4.78, 5) is 11.6. The van der Waals surface area contributed by atoms with Gasteiger partial charge in [0.1, 0.15) is 0 Å². The highest BCUT2D eigenvalue weighted by molar-refractivity contribution is 5.92. The molecule has 1 N–H and O–H groups in total. The SMILES string of the molecule is C=C(C)C(=O)NC1CCCCCCCCC1. The van der Waals surface area contributed by atoms with Crippen molar-refractivity contribution in [3.05, 3.63) is 12.2 Å². The first kappa shape index (κ1) is 13.3. The Morgan fingerprint density at radius 1 is 1.00 bits per heavy atom. The van der Waals surface area contributed by atoms with Gasteiger partial charge in [-0.3, -0.25) is 4.79 Å². The maximum absolute atomic E-state index is 11.6. The molecule has 1 saturated carbocycles. The van der Waals surface area contributed by atoms with Gasteiger partial charge in [0.2, 0.25) is 5.91 Å². The third kappa shape index (κ3) is 5.34. The van der Waals surface area contributed by atoms with Crippen molar-refractivity contribution in [1.82, 2.24) is 5.32 Å². The van der Waals surface area contributed by atoms with E-state index in [0.29, 0.717) is 11.6 Å². The highest BCUT2D eigenvalue weighted by Gasteiger charge is 2.12. The molecule has 0 heterocycles. The Morgan fingerprint density at radius 2 is 1.44 bits per heavy atom. The molecule has 0 aliphatic heterocycles. The molecule has 2 heteroatoms. The fraction of sp³-hybridized carbons (Fsp3) is 0.786. The first-order valence-corrected chi connectivity index (χ1v) is 6.66. The summed E-state index contributed by atoms with van der Waals surface area (Å²) >= 11 is 0. The molecule has 1 aliphatic rings. The van der Waals surface area contributed by atoms with Crippen LogP contribution in [-0.2, 0) is 4.79 Å². The highest BCUT2D eigenvalue weighted by Crippen LogP contribution is 2.17. The second-order valence-electron chi connectivity index (χ2n) is 5.00. The van der Waals surface area contributed by atoms with E-state index in [4.69, 9.17) is 0 Å². The molecule has 0 radical (unpaired) electrons. The van der Waals surface area contributed by atoms with Gasteiger partial charge in [-0.1, -0.05) is 51.5 Å². The average molecular weight is 223 g/mol. The molecule has 0 spiro atoms. The smallest absolute Gasteiger partial charge is 0.246 e. The van der Waals surface area contributed by atoms with Gasteiger partial charge in [0, 0.05) is 11.6 Å². The van der Waals surface area contributed by atoms with E-state index >= 15 is 0 Å². The van der Waals surface area contributed by atoms with E-state index in [1.165, 1.54) is 44.9 Å². The predicted octanol–water partition coefficient (Wildman–Crippen LogP) is 3.57. The van der Waals surface area contributed by atoms with Gasteiger partial charge in [0.05, 0.1) is 0 Å². The standard InChI is InChI=1S/C14H25NO/c1-12(2)14(16)15-13-10-8-6-4-3-5-7-9-11-13/h13H,1,3-11H2,2H3,(H,15,16). The molecule has 0 atom stereocenters. The summed E-state index contributed by atoms with van der Waals surface area (Å²) in [6.45, 7) is 5.46. The van der Waals surface area contributed by atoms with Crippen molar-refractivity contribution in [2.75, 3.05) is 0 Å². The lowest BCUT2D eigenvalue weighted by Gasteiger charge is -2.20. The number of carbonyl (C=O) groups is 1. The molecule has 1 fully saturated rings. The molecule has 0 unspecified atom stereocenters. The van der Waals surface area contributed by atoms with E-state index < -0.39 is 0 Å². The number of rotatable bonds is 2. The van der Waals surface area contributed by atoms with E-state index in [1.54, 1.807) is 6.92 Å². The molecule has 1 amide bonds. The highest BCUT2D eigenvalue weighted by atomic mass is 16.1. The second kappa shape index (κ2) is 7.48. The maximum Gasteiger partial charge on any atom is 0.246 e. The monoisotopic (exact) mass is 223 g/mol. The molecule has 0 aromatic rings. The van der Waals surface area contributed by atoms with Crippen molar-refractivity contribution in [3.63, 3.8) is 0 Å². The van der Waals surface area contributed by atoms with Crippen molar-refractivity contribution in [2.24, 2.45) is 0 Å². The Morgan fingerprint density at radius 3 is 1.88 bits per heavy atom. The molecule has 1 rings (SSSR count). The summed E-state index contributed by atoms with van der Waals surface area (Å²) in [6, 6.07) is 0.377. The van der Waals surface area contributed by atoms with E-state index in [9.17, 15) is 4.79 Å². The number of amides is 1. The molecule has 16 heavy (non-hydrogen) atoms. The summed E-state index contributed by atoms with van der Waals surface area (Å²) in [5.41, 5.74) is 0.622. The number of hydrogen-bond acceptors (Lipinski definition) is 1. The van der Waals surface area contributed by atoms with Crippen molar-refractivity contribution < 1.29 is 4.79 Å². The summed E-state index contributed by atoms with van der Waals surface area (Å²) in [6.07, 6.45) is 11.5. The number of carbonyl (C=O) groups excluding carboxylic acids is 1. The van der Waals surface area contributed by atoms with Crippen LogP contribution in [0.4, 0.5) is 0 Å². The fourth-order valence-corrected chi connectivity index (χ4v) is 2.26. The lowest BCUT2D eigenvalue weighted by atomic mass is 9.97. The Hall–Kier alpha value is -0.790. The quantitative estimate of drug-likeness (QED) is 0.712. The van der Waals surface area contributed by atoms with Crippen LogP contribution in [0.5, 0.6) is 0 Å². The summed E-state index contributed by atoms with van der Waals surface area (Å²) in [7, 11) is 0. The molecule has 0 saturated heterocycles. The van der Waals surface area contributed by atoms with Gasteiger partial charge in [-0.25, -0.2) is 0 Å². The van der Waals surface area contributed by atoms with Gasteiger partial charge in [0.25, 0.3) is 0 Å². The molecule has 2 nitrogen and oxygen atoms in total. The Kier molecular flexibility index (Phi) is 6.20. The lowest BCUT2D eigenvalue weighted by molar-refractivity contribution is -0.118. The zero-order valence-electron chi connectivity index (χ0n) is 10.6. The van der Waals surface area contributed by atoms with Crippen molar-refractivity contribution in [3.8, 4) is 0 Å². The van der Waals surface area contributed by atoms with Gasteiger partial charge in [-0.05, 0) is 19.8 Å². The molecule has 0 bridgehead atoms. The molecule has 0 aromatic heterocycles. The van der Waals surface area contributed by atoms with Crippen LogP contribution in [0.15, 0.2) is 12.2 Å². The minimum atomic E-state index is 0.0297. The molecule has 92 valence electrons. The first-order valence-electron chi connectivity index (χ1n) is 6.66. The third-order valence-corrected chi connectivity index (χ3v) is 3.33. The van der Waals surface area contributed by atoms with Gasteiger partial charge in [0.15, 0.2) is 0 Å². The summed E-state index contributed by atoms with van der Waals surface area (Å²) < 4.78 is 0. The molecular formula is C14H25NO. The van der Waals surface area contributed by atoms with Crippen molar-refractivity contribution in [1.29, 1.82) is 0 Å². The molecule has 0 aromatic carbocycles. The van der Waals surface area contributed by atoms with Gasteiger partial charge in [-0.2, -0.15) is 0 Å². The van der Waals surface area contributed by atoms with Gasteiger partial charge < -0.3 is 5.32 Å². The zero-order chi connectivity index (χ0) is 11.8. The Balaban J connectivity index is 2.35. The Bertz CT molecular complexity index is 225. The van der Waals surface area contributed by atoms with Crippen LogP contribution in [0.3, 0.4) is 0 Å². The molecular weight excluding hydrogens is 198 g/mol. The number of nitrogens with one attached hydrogen (secondary N) is 1. The van der Waals surface area contributed by atoms with Crippen molar-refractivity contribution in [2.45, 2.75) is 70.8 Å². The van der Waals surface area contributed by atoms with Crippen LogP contribution >= 0.6 is 0 Å². The second-order valence-corrected chi connectivity index (χ2v) is 5.00. The topological polar surface area (TPSA) is 29.1 Å². The van der Waals surface area contributed by atoms with Crippen LogP contribution < -0.4 is 5.32 Å². The van der Waals surface area contributed by atoms with Crippen LogP contribution in [-0.4, -0.2) is 11.9 Å². The van der Waals surface area contributed by atoms with Crippen LogP contribution in [0.2, 0.25) is 0 Å². The van der Waals surface area contributed by atoms with Crippen LogP contribution in [0.1, 0.15) is 64.7 Å². The third-order valence-electron chi connectivity index (χ3n) is 3.33. The van der Waals surface area contributed by atoms with Crippen LogP contribution in [0, 0.1) is 0 Å². The summed E-state index contributed by atoms with van der Waals surface area (Å²) in [5.74, 6) is 0.0297. The number of hydrogen-bond donors (Lipinski definition) is 1. The van der Waals surface area contributed by atoms with E-state index in [-0.39, 0.29) is 5.91 Å². The van der Waals surface area contributed by atoms with Crippen LogP contribution in [0.25, 0.3) is 0 Å². The van der Waals surface area contributed by atoms with Gasteiger partial charge >= 0.3 is 0 Å². The van der Waals surface area contributed by atoms with Crippen molar-refractivity contribution >= 4 is 5.91 Å². The van der Waals surface area contributed by atoms with Gasteiger partial charge in [-0.15, -0.1) is 0 Å². The summed E-state index contributed by atoms with van der Waals surface area (Å²) in [5, 5.41) is 3.10. The predicted molar refractivity (Wildman–Crippen MR) is 68.3 cm³/mol. The average Bonchev–Trinajstić information content (AvgIpc) is 2.27. The fourth-order valence-electron chi connectivity index (χ4n) is 2.26. The van der Waals surface area contributed by atoms with E-state index in [0.717, 1.165) is 12.8 Å². The first-order chi connectivity index (χ1) is 7.70. The minimum Gasteiger partial charge on any atom is -0.350 e. The lowest BCUT2D eigenvalue weighted by Crippen LogP contribution is -2.35. The van der Waals surface area contributed by atoms with E-state index in [2.05, 4.69) is 11.9 Å². The minimum absolute atomic E-state index is 0.0297. The Labute approximate surface area is 99.5 Å². The molecule has 1 aliphatic carbocycles. The normalized spacial score (nSPS) is 20.1. The maximum atomic E-state index is 11.6.